The number of nitrogens with one attached hydrogen (secondary N) is 1. The van der Waals surface area contributed by atoms with Gasteiger partial charge >= 0.3 is 9.15 Å². The van der Waals surface area contributed by atoms with Gasteiger partial charge in [0.1, 0.15) is 0 Å². The van der Waals surface area contributed by atoms with Crippen molar-refractivity contribution in [3.63, 3.8) is 0 Å². The van der Waals surface area contributed by atoms with Crippen LogP contribution >= 0.6 is 10.8 Å². The zero-order chi connectivity index (χ0) is 15.4. The topological polar surface area (TPSA) is 66.4 Å². The van der Waals surface area contributed by atoms with Gasteiger partial charge in [0, 0.05) is 11.8 Å². The molecule has 0 amide bonds. The van der Waals surface area contributed by atoms with Gasteiger partial charge in [-0.15, -0.1) is 0 Å². The molecule has 21 heavy (non-hydrogen) atoms. The predicted octanol–water partition coefficient (Wildman–Crippen LogP) is 4.18. The van der Waals surface area contributed by atoms with Crippen LogP contribution in [-0.4, -0.2) is 31.3 Å². The maximum absolute atomic E-state index is 10.6. The van der Waals surface area contributed by atoms with Crippen LogP contribution in [0.5, 0.6) is 0 Å². The van der Waals surface area contributed by atoms with Gasteiger partial charge in [0.05, 0.1) is 0 Å². The van der Waals surface area contributed by atoms with Gasteiger partial charge in [0.25, 0.3) is 0 Å². The molecular weight excluding hydrogens is 306 g/mol. The van der Waals surface area contributed by atoms with Crippen molar-refractivity contribution in [3.8, 4) is 0 Å². The average Bonchev–Trinajstić information content (AvgIpc) is 2.39. The summed E-state index contributed by atoms with van der Waals surface area (Å²) in [4.78, 5) is 0. The third-order valence-electron chi connectivity index (χ3n) is 4.09. The summed E-state index contributed by atoms with van der Waals surface area (Å²) in [5.74, 6) is 0.457. The molecule has 0 aromatic carbocycles. The molecule has 0 atom stereocenters. The van der Waals surface area contributed by atoms with Crippen LogP contribution in [0.15, 0.2) is 0 Å². The number of hydrogen-bond donors (Lipinski definition) is 2. The Morgan fingerprint density at radius 3 is 1.86 bits per heavy atom. The zero-order valence-electron chi connectivity index (χ0n) is 13.1. The second-order valence-electron chi connectivity index (χ2n) is 6.01. The smallest absolute Gasteiger partial charge is 0.314 e. The van der Waals surface area contributed by atoms with Gasteiger partial charge in [-0.2, -0.15) is 8.42 Å². The summed E-state index contributed by atoms with van der Waals surface area (Å²) < 4.78 is 29.9. The minimum Gasteiger partial charge on any atom is -0.314 e. The van der Waals surface area contributed by atoms with Crippen LogP contribution in [0.1, 0.15) is 77.0 Å². The normalized spacial score (nSPS) is 20.6. The minimum absolute atomic E-state index is 0.457. The molecule has 0 spiro atoms. The van der Waals surface area contributed by atoms with E-state index >= 15 is 0 Å². The predicted molar refractivity (Wildman–Crippen MR) is 91.2 cm³/mol. The molecule has 0 aromatic rings. The molecule has 6 heteroatoms. The molecular formula is C15H31NO3S2. The van der Waals surface area contributed by atoms with Crippen LogP contribution in [-0.2, 0) is 9.15 Å². The van der Waals surface area contributed by atoms with Crippen molar-refractivity contribution in [2.45, 2.75) is 83.1 Å². The van der Waals surface area contributed by atoms with Gasteiger partial charge in [-0.05, 0) is 36.6 Å². The van der Waals surface area contributed by atoms with E-state index in [0.717, 1.165) is 13.0 Å². The maximum atomic E-state index is 10.6. The second-order valence-corrected chi connectivity index (χ2v) is 9.48. The van der Waals surface area contributed by atoms with Crippen LogP contribution < -0.4 is 5.32 Å². The van der Waals surface area contributed by atoms with Crippen molar-refractivity contribution in [1.29, 1.82) is 0 Å². The Labute approximate surface area is 134 Å². The van der Waals surface area contributed by atoms with E-state index in [0.29, 0.717) is 22.6 Å². The lowest BCUT2D eigenvalue weighted by atomic mass is 9.98. The van der Waals surface area contributed by atoms with Crippen LogP contribution in [0.4, 0.5) is 0 Å². The highest BCUT2D eigenvalue weighted by atomic mass is 33.1. The molecule has 0 heterocycles. The molecule has 0 aromatic heterocycles. The summed E-state index contributed by atoms with van der Waals surface area (Å²) in [7, 11) is -3.24. The molecule has 126 valence electrons. The summed E-state index contributed by atoms with van der Waals surface area (Å²) >= 11 is 0. The summed E-state index contributed by atoms with van der Waals surface area (Å²) in [5, 5.41) is 3.57. The third-order valence-corrected chi connectivity index (χ3v) is 6.24. The maximum Gasteiger partial charge on any atom is 0.319 e. The first kappa shape index (κ1) is 19.3. The highest BCUT2D eigenvalue weighted by Crippen LogP contribution is 2.17. The Bertz CT molecular complexity index is 335. The molecule has 1 fully saturated rings. The van der Waals surface area contributed by atoms with Gasteiger partial charge in [-0.1, -0.05) is 57.8 Å². The highest BCUT2D eigenvalue weighted by Gasteiger charge is 2.09. The molecule has 0 radical (unpaired) electrons. The van der Waals surface area contributed by atoms with E-state index in [1.165, 1.54) is 70.6 Å². The zero-order valence-corrected chi connectivity index (χ0v) is 14.7. The summed E-state index contributed by atoms with van der Waals surface area (Å²) in [5.41, 5.74) is 0. The van der Waals surface area contributed by atoms with Gasteiger partial charge < -0.3 is 5.32 Å². The Morgan fingerprint density at radius 1 is 0.905 bits per heavy atom. The van der Waals surface area contributed by atoms with E-state index in [4.69, 9.17) is 4.55 Å². The second kappa shape index (κ2) is 11.7. The fraction of sp³-hybridized carbons (Fsp3) is 1.00. The molecule has 0 saturated heterocycles. The lowest BCUT2D eigenvalue weighted by Crippen LogP contribution is -2.30. The van der Waals surface area contributed by atoms with Gasteiger partial charge in [0.2, 0.25) is 0 Å². The first-order valence-electron chi connectivity index (χ1n) is 8.43. The van der Waals surface area contributed by atoms with Crippen LogP contribution in [0.3, 0.4) is 0 Å². The fourth-order valence-corrected chi connectivity index (χ4v) is 4.37. The van der Waals surface area contributed by atoms with Gasteiger partial charge in [-0.25, -0.2) is 0 Å². The quantitative estimate of drug-likeness (QED) is 0.432. The van der Waals surface area contributed by atoms with Crippen molar-refractivity contribution >= 4 is 19.9 Å². The van der Waals surface area contributed by atoms with E-state index in [-0.39, 0.29) is 0 Å². The van der Waals surface area contributed by atoms with Crippen LogP contribution in [0, 0.1) is 0 Å². The Balaban J connectivity index is 2.16. The molecule has 2 N–H and O–H groups in total. The van der Waals surface area contributed by atoms with E-state index in [2.05, 4.69) is 5.32 Å². The first-order chi connectivity index (χ1) is 10.1. The fourth-order valence-electron chi connectivity index (χ4n) is 2.91. The van der Waals surface area contributed by atoms with Crippen molar-refractivity contribution in [3.05, 3.63) is 0 Å². The average molecular weight is 338 g/mol. The summed E-state index contributed by atoms with van der Waals surface area (Å²) in [6, 6.07) is 0.583. The number of rotatable bonds is 6. The standard InChI is InChI=1S/C15H31NO3S2/c17-21(18,19)20-14-10-13-16-15-11-8-6-4-2-1-3-5-7-9-12-15/h15-16H,1-14H2,(H,17,18,19). The monoisotopic (exact) mass is 337 g/mol. The highest BCUT2D eigenvalue weighted by molar-refractivity contribution is 8.69. The largest absolute Gasteiger partial charge is 0.319 e. The van der Waals surface area contributed by atoms with E-state index in [1.807, 2.05) is 0 Å². The molecule has 1 aliphatic rings. The third kappa shape index (κ3) is 12.4. The lowest BCUT2D eigenvalue weighted by molar-refractivity contribution is 0.405. The first-order valence-corrected chi connectivity index (χ1v) is 11.4. The van der Waals surface area contributed by atoms with Crippen molar-refractivity contribution in [1.82, 2.24) is 5.32 Å². The molecule has 0 unspecified atom stereocenters. The Morgan fingerprint density at radius 2 is 1.38 bits per heavy atom. The summed E-state index contributed by atoms with van der Waals surface area (Å²) in [6.45, 7) is 0.840. The lowest BCUT2D eigenvalue weighted by Gasteiger charge is -2.19. The van der Waals surface area contributed by atoms with E-state index < -0.39 is 9.15 Å². The molecule has 0 aliphatic heterocycles. The van der Waals surface area contributed by atoms with E-state index in [1.54, 1.807) is 0 Å². The number of hydrogen-bond acceptors (Lipinski definition) is 4. The van der Waals surface area contributed by atoms with E-state index in [9.17, 15) is 8.42 Å². The molecule has 4 nitrogen and oxygen atoms in total. The molecule has 1 rings (SSSR count). The SMILES string of the molecule is O=S(=O)(O)SCCCNC1CCCCCCCCCCC1. The molecule has 1 aliphatic carbocycles. The van der Waals surface area contributed by atoms with Gasteiger partial charge in [-0.3, -0.25) is 4.55 Å². The van der Waals surface area contributed by atoms with Crippen molar-refractivity contribution in [2.24, 2.45) is 0 Å². The van der Waals surface area contributed by atoms with Crippen molar-refractivity contribution < 1.29 is 13.0 Å². The van der Waals surface area contributed by atoms with Crippen molar-refractivity contribution in [2.75, 3.05) is 12.3 Å². The molecule has 1 saturated carbocycles. The minimum atomic E-state index is -3.87. The Hall–Kier alpha value is 0.220. The van der Waals surface area contributed by atoms with Gasteiger partial charge in [0.15, 0.2) is 0 Å². The van der Waals surface area contributed by atoms with Crippen LogP contribution in [0.25, 0.3) is 0 Å². The van der Waals surface area contributed by atoms with Crippen LogP contribution in [0.2, 0.25) is 0 Å². The summed E-state index contributed by atoms with van der Waals surface area (Å²) in [6.07, 6.45) is 15.5. The Kier molecular flexibility index (Phi) is 10.8. The molecule has 0 bridgehead atoms.